The Morgan fingerprint density at radius 3 is 2.71 bits per heavy atom. The van der Waals surface area contributed by atoms with Crippen LogP contribution in [0.15, 0.2) is 29.1 Å². The second kappa shape index (κ2) is 11.1. The van der Waals surface area contributed by atoms with Crippen molar-refractivity contribution in [2.45, 2.75) is 39.6 Å². The number of pyridine rings is 2. The van der Waals surface area contributed by atoms with Crippen LogP contribution in [0.3, 0.4) is 0 Å². The predicted octanol–water partition coefficient (Wildman–Crippen LogP) is 2.56. The molecule has 8 heteroatoms. The molecular formula is C26H29N3O5. The number of ether oxygens (including phenoxy) is 2. The number of carbonyl (C=O) groups is 1. The third-order valence-corrected chi connectivity index (χ3v) is 5.67. The van der Waals surface area contributed by atoms with E-state index in [1.54, 1.807) is 17.7 Å². The van der Waals surface area contributed by atoms with E-state index in [2.05, 4.69) is 11.2 Å². The fraction of sp³-hybridized carbons (Fsp3) is 0.346. The molecule has 1 atom stereocenters. The first-order valence-electron chi connectivity index (χ1n) is 11.1. The van der Waals surface area contributed by atoms with Gasteiger partial charge < -0.3 is 29.3 Å². The van der Waals surface area contributed by atoms with E-state index in [4.69, 9.17) is 20.9 Å². The monoisotopic (exact) mass is 463 g/mol. The van der Waals surface area contributed by atoms with Crippen molar-refractivity contribution in [3.63, 3.8) is 0 Å². The number of rotatable bonds is 8. The predicted molar refractivity (Wildman–Crippen MR) is 131 cm³/mol. The highest BCUT2D eigenvalue weighted by atomic mass is 16.5. The minimum atomic E-state index is -1.43. The average Bonchev–Trinajstić information content (AvgIpc) is 3.24. The van der Waals surface area contributed by atoms with Crippen LogP contribution in [0.5, 0.6) is 5.75 Å². The van der Waals surface area contributed by atoms with Crippen LogP contribution in [-0.4, -0.2) is 41.7 Å². The molecule has 0 fully saturated rings. The average molecular weight is 464 g/mol. The summed E-state index contributed by atoms with van der Waals surface area (Å²) >= 11 is 0. The maximum absolute atomic E-state index is 13.3. The minimum absolute atomic E-state index is 0.0150. The molecule has 34 heavy (non-hydrogen) atoms. The summed E-state index contributed by atoms with van der Waals surface area (Å²) < 4.78 is 12.2. The Bertz CT molecular complexity index is 1310. The van der Waals surface area contributed by atoms with E-state index in [1.165, 1.54) is 7.11 Å². The number of fused-ring (bicyclic) bond motifs is 4. The van der Waals surface area contributed by atoms with E-state index in [-0.39, 0.29) is 23.3 Å². The summed E-state index contributed by atoms with van der Waals surface area (Å²) in [5.41, 5.74) is 3.94. The van der Waals surface area contributed by atoms with Crippen LogP contribution in [0.4, 0.5) is 0 Å². The van der Waals surface area contributed by atoms with Crippen molar-refractivity contribution in [3.05, 3.63) is 56.9 Å². The van der Waals surface area contributed by atoms with Gasteiger partial charge in [-0.05, 0) is 29.8 Å². The molecule has 3 heterocycles. The third kappa shape index (κ3) is 4.46. The molecule has 0 aliphatic carbocycles. The number of aliphatic hydroxyl groups is 1. The van der Waals surface area contributed by atoms with Gasteiger partial charge in [0.05, 0.1) is 43.7 Å². The van der Waals surface area contributed by atoms with E-state index in [1.807, 2.05) is 32.0 Å². The van der Waals surface area contributed by atoms with Gasteiger partial charge in [-0.15, -0.1) is 6.42 Å². The zero-order valence-electron chi connectivity index (χ0n) is 19.8. The second-order valence-electron chi connectivity index (χ2n) is 7.48. The molecule has 0 spiro atoms. The van der Waals surface area contributed by atoms with E-state index >= 15 is 0 Å². The zero-order valence-corrected chi connectivity index (χ0v) is 19.8. The highest BCUT2D eigenvalue weighted by Crippen LogP contribution is 2.37. The van der Waals surface area contributed by atoms with Crippen molar-refractivity contribution in [2.24, 2.45) is 0 Å². The number of aldehydes is 1. The summed E-state index contributed by atoms with van der Waals surface area (Å²) in [4.78, 5) is 29.4. The van der Waals surface area contributed by atoms with E-state index in [0.29, 0.717) is 43.1 Å². The molecule has 0 saturated heterocycles. The van der Waals surface area contributed by atoms with Gasteiger partial charge in [0, 0.05) is 35.7 Å². The number of nitrogens with one attached hydrogen (secondary N) is 1. The number of benzene rings is 1. The topological polar surface area (TPSA) is 103 Å². The Kier molecular flexibility index (Phi) is 8.18. The van der Waals surface area contributed by atoms with Gasteiger partial charge in [0.1, 0.15) is 11.9 Å². The lowest BCUT2D eigenvalue weighted by Gasteiger charge is -2.14. The lowest BCUT2D eigenvalue weighted by molar-refractivity contribution is -0.115. The van der Waals surface area contributed by atoms with Crippen molar-refractivity contribution < 1.29 is 19.4 Å². The van der Waals surface area contributed by atoms with Gasteiger partial charge >= 0.3 is 0 Å². The molecule has 8 nitrogen and oxygen atoms in total. The Hall–Kier alpha value is -3.51. The first-order chi connectivity index (χ1) is 16.5. The number of nitrogens with zero attached hydrogens (tertiary/aromatic N) is 2. The zero-order chi connectivity index (χ0) is 24.8. The highest BCUT2D eigenvalue weighted by molar-refractivity contribution is 5.89. The van der Waals surface area contributed by atoms with E-state index in [0.717, 1.165) is 22.0 Å². The summed E-state index contributed by atoms with van der Waals surface area (Å²) in [5, 5.41) is 14.4. The van der Waals surface area contributed by atoms with Gasteiger partial charge in [0.25, 0.3) is 5.56 Å². The molecule has 0 radical (unpaired) electrons. The molecule has 1 aliphatic heterocycles. The van der Waals surface area contributed by atoms with Gasteiger partial charge in [-0.1, -0.05) is 19.8 Å². The Morgan fingerprint density at radius 1 is 1.29 bits per heavy atom. The fourth-order valence-electron chi connectivity index (χ4n) is 4.16. The molecule has 0 amide bonds. The Morgan fingerprint density at radius 2 is 2.06 bits per heavy atom. The summed E-state index contributed by atoms with van der Waals surface area (Å²) in [6, 6.07) is 7.26. The molecule has 1 unspecified atom stereocenters. The maximum Gasteiger partial charge on any atom is 0.257 e. The van der Waals surface area contributed by atoms with E-state index in [9.17, 15) is 14.7 Å². The van der Waals surface area contributed by atoms with Crippen molar-refractivity contribution in [3.8, 4) is 29.5 Å². The van der Waals surface area contributed by atoms with Gasteiger partial charge in [-0.25, -0.2) is 4.98 Å². The number of aliphatic hydroxyl groups excluding tert-OH is 1. The van der Waals surface area contributed by atoms with Crippen LogP contribution in [0.1, 0.15) is 42.2 Å². The number of hydrogen-bond acceptors (Lipinski definition) is 7. The normalized spacial score (nSPS) is 12.2. The van der Waals surface area contributed by atoms with Crippen molar-refractivity contribution in [1.82, 2.24) is 14.9 Å². The summed E-state index contributed by atoms with van der Waals surface area (Å²) in [7, 11) is 3.06. The molecule has 4 rings (SSSR count). The Balaban J connectivity index is 0.00000158. The van der Waals surface area contributed by atoms with Crippen LogP contribution in [0, 0.1) is 12.3 Å². The smallest absolute Gasteiger partial charge is 0.257 e. The minimum Gasteiger partial charge on any atom is -0.497 e. The first-order valence-corrected chi connectivity index (χ1v) is 11.1. The summed E-state index contributed by atoms with van der Waals surface area (Å²) in [5.74, 6) is 3.27. The lowest BCUT2D eigenvalue weighted by Crippen LogP contribution is -2.26. The van der Waals surface area contributed by atoms with Crippen LogP contribution < -0.4 is 15.6 Å². The van der Waals surface area contributed by atoms with Gasteiger partial charge in [0.2, 0.25) is 0 Å². The van der Waals surface area contributed by atoms with Crippen LogP contribution in [0.2, 0.25) is 0 Å². The third-order valence-electron chi connectivity index (χ3n) is 5.67. The summed E-state index contributed by atoms with van der Waals surface area (Å²) in [6.07, 6.45) is 4.37. The molecular weight excluding hydrogens is 434 g/mol. The molecule has 1 aromatic carbocycles. The van der Waals surface area contributed by atoms with Crippen LogP contribution in [0.25, 0.3) is 22.3 Å². The second-order valence-corrected chi connectivity index (χ2v) is 7.48. The van der Waals surface area contributed by atoms with Crippen LogP contribution >= 0.6 is 0 Å². The van der Waals surface area contributed by atoms with Crippen molar-refractivity contribution in [2.75, 3.05) is 20.8 Å². The number of aromatic nitrogens is 2. The van der Waals surface area contributed by atoms with Crippen molar-refractivity contribution in [1.29, 1.82) is 0 Å². The van der Waals surface area contributed by atoms with Crippen LogP contribution in [-0.2, 0) is 29.2 Å². The molecule has 1 aliphatic rings. The molecule has 3 aromatic rings. The fourth-order valence-corrected chi connectivity index (χ4v) is 4.16. The summed E-state index contributed by atoms with van der Waals surface area (Å²) in [6.45, 7) is 5.17. The number of carbonyl (C=O) groups excluding carboxylic acids is 1. The SMILES string of the molecule is C#CCNCc1c2c(nc3ccc(OC)cc13)-c1cc(C(O)C=O)c(COC)c(=O)n1C2.CC. The maximum atomic E-state index is 13.3. The highest BCUT2D eigenvalue weighted by Gasteiger charge is 2.29. The molecule has 2 aromatic heterocycles. The standard InChI is InChI=1S/C24H23N3O5.C2H6/c1-4-7-25-10-17-15-8-14(32-3)5-6-20(15)26-23-18(17)11-27-21(23)9-16(22(29)12-28)19(13-31-2)24(27)30;1-2/h1,5-6,8-9,12,22,25,29H,7,10-11,13H2,2-3H3;1-2H3. The Labute approximate surface area is 198 Å². The molecule has 178 valence electrons. The molecule has 0 saturated carbocycles. The van der Waals surface area contributed by atoms with Crippen molar-refractivity contribution >= 4 is 17.2 Å². The van der Waals surface area contributed by atoms with E-state index < -0.39 is 6.10 Å². The number of terminal acetylenes is 1. The largest absolute Gasteiger partial charge is 0.497 e. The lowest BCUT2D eigenvalue weighted by atomic mass is 9.99. The van der Waals surface area contributed by atoms with Gasteiger partial charge in [-0.2, -0.15) is 0 Å². The quantitative estimate of drug-likeness (QED) is 0.235. The molecule has 2 N–H and O–H groups in total. The van der Waals surface area contributed by atoms with Gasteiger partial charge in [0.15, 0.2) is 6.29 Å². The molecule has 0 bridgehead atoms. The number of hydrogen-bond donors (Lipinski definition) is 2. The first kappa shape index (κ1) is 25.1. The van der Waals surface area contributed by atoms with Gasteiger partial charge in [-0.3, -0.25) is 4.79 Å². The number of methoxy groups -OCH3 is 2.